The van der Waals surface area contributed by atoms with Gasteiger partial charge in [-0.1, -0.05) is 24.6 Å². The normalized spacial score (nSPS) is 24.9. The van der Waals surface area contributed by atoms with Crippen LogP contribution < -0.4 is 0 Å². The third-order valence-electron chi connectivity index (χ3n) is 3.15. The van der Waals surface area contributed by atoms with Crippen LogP contribution in [0, 0.1) is 0 Å². The topological polar surface area (TPSA) is 12.4 Å². The van der Waals surface area contributed by atoms with Crippen LogP contribution in [-0.2, 0) is 0 Å². The summed E-state index contributed by atoms with van der Waals surface area (Å²) in [5.41, 5.74) is 4.13. The molecule has 1 aromatic carbocycles. The van der Waals surface area contributed by atoms with E-state index in [1.807, 2.05) is 0 Å². The summed E-state index contributed by atoms with van der Waals surface area (Å²) >= 11 is 0. The van der Waals surface area contributed by atoms with Crippen LogP contribution in [0.4, 0.5) is 5.69 Å². The van der Waals surface area contributed by atoms with Gasteiger partial charge in [0.15, 0.2) is 0 Å². The maximum Gasteiger partial charge on any atom is 0.0667 e. The van der Waals surface area contributed by atoms with Crippen molar-refractivity contribution in [2.45, 2.75) is 31.6 Å². The molecule has 13 heavy (non-hydrogen) atoms. The third-order valence-corrected chi connectivity index (χ3v) is 3.15. The van der Waals surface area contributed by atoms with E-state index in [9.17, 15) is 0 Å². The summed E-state index contributed by atoms with van der Waals surface area (Å²) in [6.07, 6.45) is 5.25. The lowest BCUT2D eigenvalue weighted by atomic mass is 9.84. The van der Waals surface area contributed by atoms with E-state index in [0.29, 0.717) is 5.92 Å². The monoisotopic (exact) mass is 171 g/mol. The Labute approximate surface area is 78.5 Å². The van der Waals surface area contributed by atoms with E-state index in [0.717, 1.165) is 0 Å². The minimum absolute atomic E-state index is 0.671. The molecule has 1 fully saturated rings. The van der Waals surface area contributed by atoms with E-state index < -0.39 is 0 Å². The van der Waals surface area contributed by atoms with Gasteiger partial charge < -0.3 is 0 Å². The lowest BCUT2D eigenvalue weighted by molar-refractivity contribution is 0.621. The lowest BCUT2D eigenvalue weighted by Gasteiger charge is -2.19. The quantitative estimate of drug-likeness (QED) is 0.567. The summed E-state index contributed by atoms with van der Waals surface area (Å²) in [5.74, 6) is 0.671. The Hall–Kier alpha value is -1.11. The van der Waals surface area contributed by atoms with Crippen LogP contribution in [0.3, 0.4) is 0 Å². The van der Waals surface area contributed by atoms with E-state index in [1.54, 1.807) is 0 Å². The van der Waals surface area contributed by atoms with Crippen LogP contribution in [0.5, 0.6) is 0 Å². The van der Waals surface area contributed by atoms with Crippen molar-refractivity contribution >= 4 is 11.4 Å². The molecule has 1 aromatic rings. The molecule has 1 aliphatic heterocycles. The molecular weight excluding hydrogens is 158 g/mol. The first-order chi connectivity index (χ1) is 6.45. The molecule has 1 atom stereocenters. The minimum Gasteiger partial charge on any atom is -0.257 e. The van der Waals surface area contributed by atoms with Gasteiger partial charge in [-0.3, -0.25) is 4.99 Å². The van der Waals surface area contributed by atoms with Crippen molar-refractivity contribution in [3.63, 3.8) is 0 Å². The predicted octanol–water partition coefficient (Wildman–Crippen LogP) is 3.43. The van der Waals surface area contributed by atoms with Crippen LogP contribution >= 0.6 is 0 Å². The maximum absolute atomic E-state index is 4.69. The van der Waals surface area contributed by atoms with Gasteiger partial charge in [-0.05, 0) is 30.9 Å². The average Bonchev–Trinajstić information content (AvgIpc) is 2.56. The first kappa shape index (κ1) is 7.31. The average molecular weight is 171 g/mol. The Balaban J connectivity index is 2.09. The van der Waals surface area contributed by atoms with Crippen molar-refractivity contribution < 1.29 is 0 Å². The Morgan fingerprint density at radius 1 is 1.15 bits per heavy atom. The molecule has 66 valence electrons. The minimum atomic E-state index is 0.671. The second-order valence-corrected chi connectivity index (χ2v) is 3.96. The molecule has 0 radical (unpaired) electrons. The van der Waals surface area contributed by atoms with E-state index in [2.05, 4.69) is 24.3 Å². The molecule has 3 rings (SSSR count). The fraction of sp³-hybridized carbons (Fsp3) is 0.417. The van der Waals surface area contributed by atoms with Gasteiger partial charge >= 0.3 is 0 Å². The van der Waals surface area contributed by atoms with Crippen molar-refractivity contribution in [3.8, 4) is 0 Å². The summed E-state index contributed by atoms with van der Waals surface area (Å²) in [5, 5.41) is 0. The highest BCUT2D eigenvalue weighted by Crippen LogP contribution is 2.41. The molecule has 1 nitrogen and oxygen atoms in total. The number of aliphatic imine (C=N–C) groups is 1. The van der Waals surface area contributed by atoms with Crippen LogP contribution in [0.2, 0.25) is 0 Å². The van der Waals surface area contributed by atoms with Gasteiger partial charge in [-0.2, -0.15) is 0 Å². The van der Waals surface area contributed by atoms with E-state index in [-0.39, 0.29) is 0 Å². The van der Waals surface area contributed by atoms with Crippen LogP contribution in [0.25, 0.3) is 0 Å². The molecule has 2 aliphatic rings. The Morgan fingerprint density at radius 3 is 3.08 bits per heavy atom. The van der Waals surface area contributed by atoms with E-state index >= 15 is 0 Å². The number of hydrogen-bond donors (Lipinski definition) is 0. The molecule has 0 spiro atoms. The zero-order valence-electron chi connectivity index (χ0n) is 7.66. The van der Waals surface area contributed by atoms with Crippen LogP contribution in [0.15, 0.2) is 29.3 Å². The van der Waals surface area contributed by atoms with Crippen molar-refractivity contribution in [1.82, 2.24) is 0 Å². The SMILES string of the molecule is c1ccc2c(c1)N=C1CCCC[C@@H]12. The number of fused-ring (bicyclic) bond motifs is 3. The van der Waals surface area contributed by atoms with Gasteiger partial charge in [0, 0.05) is 11.6 Å². The molecule has 0 saturated heterocycles. The highest BCUT2D eigenvalue weighted by Gasteiger charge is 2.28. The number of benzene rings is 1. The number of para-hydroxylation sites is 1. The van der Waals surface area contributed by atoms with Crippen LogP contribution in [-0.4, -0.2) is 5.71 Å². The Kier molecular flexibility index (Phi) is 1.51. The second kappa shape index (κ2) is 2.69. The molecule has 0 N–H and O–H groups in total. The number of hydrogen-bond acceptors (Lipinski definition) is 1. The first-order valence-electron chi connectivity index (χ1n) is 5.11. The van der Waals surface area contributed by atoms with E-state index in [1.165, 1.54) is 42.6 Å². The fourth-order valence-corrected chi connectivity index (χ4v) is 2.50. The van der Waals surface area contributed by atoms with Gasteiger partial charge in [-0.25, -0.2) is 0 Å². The van der Waals surface area contributed by atoms with Gasteiger partial charge in [0.05, 0.1) is 5.69 Å². The predicted molar refractivity (Wildman–Crippen MR) is 54.7 cm³/mol. The molecule has 0 bridgehead atoms. The Morgan fingerprint density at radius 2 is 2.08 bits per heavy atom. The van der Waals surface area contributed by atoms with Gasteiger partial charge in [0.2, 0.25) is 0 Å². The zero-order chi connectivity index (χ0) is 8.67. The molecule has 1 saturated carbocycles. The summed E-state index contributed by atoms with van der Waals surface area (Å²) in [6.45, 7) is 0. The molecule has 1 heteroatoms. The second-order valence-electron chi connectivity index (χ2n) is 3.96. The van der Waals surface area contributed by atoms with Crippen molar-refractivity contribution in [3.05, 3.63) is 29.8 Å². The fourth-order valence-electron chi connectivity index (χ4n) is 2.50. The maximum atomic E-state index is 4.69. The molecule has 0 unspecified atom stereocenters. The molecule has 1 heterocycles. The molecule has 0 amide bonds. The van der Waals surface area contributed by atoms with Gasteiger partial charge in [0.25, 0.3) is 0 Å². The summed E-state index contributed by atoms with van der Waals surface area (Å²) in [4.78, 5) is 4.69. The van der Waals surface area contributed by atoms with Gasteiger partial charge in [0.1, 0.15) is 0 Å². The standard InChI is InChI=1S/C12H13N/c1-3-7-11-9(5-1)10-6-2-4-8-12(10)13-11/h1,3,5,7,10H,2,4,6,8H2/t10-/m1/s1. The van der Waals surface area contributed by atoms with Crippen molar-refractivity contribution in [1.29, 1.82) is 0 Å². The number of rotatable bonds is 0. The smallest absolute Gasteiger partial charge is 0.0667 e. The summed E-state index contributed by atoms with van der Waals surface area (Å²) in [6, 6.07) is 8.59. The third kappa shape index (κ3) is 1.03. The van der Waals surface area contributed by atoms with Crippen molar-refractivity contribution in [2.75, 3.05) is 0 Å². The Bertz CT molecular complexity index is 365. The van der Waals surface area contributed by atoms with Crippen molar-refractivity contribution in [2.24, 2.45) is 4.99 Å². The molecular formula is C12H13N. The van der Waals surface area contributed by atoms with Gasteiger partial charge in [-0.15, -0.1) is 0 Å². The van der Waals surface area contributed by atoms with E-state index in [4.69, 9.17) is 4.99 Å². The largest absolute Gasteiger partial charge is 0.257 e. The molecule has 1 aliphatic carbocycles. The highest BCUT2D eigenvalue weighted by atomic mass is 14.8. The number of nitrogens with zero attached hydrogens (tertiary/aromatic N) is 1. The van der Waals surface area contributed by atoms with Crippen LogP contribution in [0.1, 0.15) is 37.2 Å². The highest BCUT2D eigenvalue weighted by molar-refractivity contribution is 5.98. The summed E-state index contributed by atoms with van der Waals surface area (Å²) in [7, 11) is 0. The first-order valence-corrected chi connectivity index (χ1v) is 5.11. The molecule has 0 aromatic heterocycles. The zero-order valence-corrected chi connectivity index (χ0v) is 7.66. The summed E-state index contributed by atoms with van der Waals surface area (Å²) < 4.78 is 0. The lowest BCUT2D eigenvalue weighted by Crippen LogP contribution is -2.13.